The van der Waals surface area contributed by atoms with Crippen molar-refractivity contribution in [3.8, 4) is 0 Å². The van der Waals surface area contributed by atoms with E-state index in [4.69, 9.17) is 5.73 Å². The molecule has 0 fully saturated rings. The van der Waals surface area contributed by atoms with Gasteiger partial charge in [-0.05, 0) is 30.2 Å². The zero-order valence-electron chi connectivity index (χ0n) is 12.4. The molecule has 0 saturated heterocycles. The summed E-state index contributed by atoms with van der Waals surface area (Å²) in [6.07, 6.45) is 5.26. The minimum absolute atomic E-state index is 0.0645. The molecule has 0 atom stereocenters. The number of anilines is 1. The van der Waals surface area contributed by atoms with Crippen LogP contribution >= 0.6 is 0 Å². The van der Waals surface area contributed by atoms with Gasteiger partial charge in [-0.2, -0.15) is 0 Å². The van der Waals surface area contributed by atoms with Gasteiger partial charge in [0.1, 0.15) is 5.82 Å². The second kappa shape index (κ2) is 6.83. The Hall–Kier alpha value is -2.43. The highest BCUT2D eigenvalue weighted by Crippen LogP contribution is 2.13. The van der Waals surface area contributed by atoms with Crippen LogP contribution in [0.1, 0.15) is 35.0 Å². The van der Waals surface area contributed by atoms with Gasteiger partial charge in [-0.15, -0.1) is 0 Å². The Morgan fingerprint density at radius 1 is 1.38 bits per heavy atom. The van der Waals surface area contributed by atoms with Crippen LogP contribution in [0.5, 0.6) is 0 Å². The molecular weight excluding hydrogens is 264 g/mol. The zero-order valence-corrected chi connectivity index (χ0v) is 12.4. The number of aromatic nitrogens is 2. The lowest BCUT2D eigenvalue weighted by molar-refractivity contribution is 0.0785. The molecule has 0 aliphatic rings. The Bertz CT molecular complexity index is 613. The molecule has 0 aliphatic carbocycles. The Kier molecular flexibility index (Phi) is 4.87. The van der Waals surface area contributed by atoms with Crippen molar-refractivity contribution in [1.82, 2.24) is 14.9 Å². The molecule has 2 heterocycles. The summed E-state index contributed by atoms with van der Waals surface area (Å²) >= 11 is 0. The number of rotatable bonds is 5. The normalized spacial score (nSPS) is 10.4. The number of nitrogens with two attached hydrogens (primary N) is 1. The van der Waals surface area contributed by atoms with Crippen molar-refractivity contribution in [3.05, 3.63) is 53.5 Å². The maximum atomic E-state index is 12.5. The third-order valence-corrected chi connectivity index (χ3v) is 3.14. The molecule has 0 spiro atoms. The molecule has 2 rings (SSSR count). The molecule has 110 valence electrons. The molecule has 2 N–H and O–H groups in total. The second-order valence-corrected chi connectivity index (χ2v) is 5.04. The Balaban J connectivity index is 2.15. The number of amides is 1. The van der Waals surface area contributed by atoms with Crippen LogP contribution in [-0.4, -0.2) is 27.8 Å². The van der Waals surface area contributed by atoms with Crippen molar-refractivity contribution in [2.24, 2.45) is 0 Å². The maximum absolute atomic E-state index is 12.5. The van der Waals surface area contributed by atoms with Gasteiger partial charge in [0.05, 0.1) is 0 Å². The molecule has 2 aromatic heterocycles. The number of nitrogen functional groups attached to an aromatic ring is 1. The van der Waals surface area contributed by atoms with Gasteiger partial charge in [0.2, 0.25) is 0 Å². The van der Waals surface area contributed by atoms with Gasteiger partial charge in [0.25, 0.3) is 5.91 Å². The van der Waals surface area contributed by atoms with Crippen LogP contribution in [0, 0.1) is 0 Å². The summed E-state index contributed by atoms with van der Waals surface area (Å²) in [5.41, 5.74) is 8.22. The van der Waals surface area contributed by atoms with Crippen molar-refractivity contribution in [1.29, 1.82) is 0 Å². The van der Waals surface area contributed by atoms with E-state index >= 15 is 0 Å². The zero-order chi connectivity index (χ0) is 15.2. The number of hydrogen-bond donors (Lipinski definition) is 1. The van der Waals surface area contributed by atoms with Gasteiger partial charge in [-0.1, -0.05) is 19.4 Å². The first-order chi connectivity index (χ1) is 10.1. The van der Waals surface area contributed by atoms with Crippen LogP contribution < -0.4 is 5.73 Å². The molecule has 0 radical (unpaired) electrons. The molecule has 0 saturated carbocycles. The largest absolute Gasteiger partial charge is 0.384 e. The molecular formula is C16H20N4O. The van der Waals surface area contributed by atoms with Gasteiger partial charge in [-0.25, -0.2) is 4.98 Å². The lowest BCUT2D eigenvalue weighted by Crippen LogP contribution is -2.26. The fourth-order valence-electron chi connectivity index (χ4n) is 2.18. The van der Waals surface area contributed by atoms with Crippen molar-refractivity contribution in [3.63, 3.8) is 0 Å². The Morgan fingerprint density at radius 3 is 2.86 bits per heavy atom. The van der Waals surface area contributed by atoms with Gasteiger partial charge >= 0.3 is 0 Å². The smallest absolute Gasteiger partial charge is 0.254 e. The van der Waals surface area contributed by atoms with Crippen molar-refractivity contribution < 1.29 is 4.79 Å². The van der Waals surface area contributed by atoms with Gasteiger partial charge < -0.3 is 10.6 Å². The fourth-order valence-corrected chi connectivity index (χ4v) is 2.18. The van der Waals surface area contributed by atoms with Crippen molar-refractivity contribution in [2.75, 3.05) is 12.8 Å². The molecule has 5 nitrogen and oxygen atoms in total. The van der Waals surface area contributed by atoms with E-state index < -0.39 is 0 Å². The van der Waals surface area contributed by atoms with E-state index in [1.807, 2.05) is 18.2 Å². The topological polar surface area (TPSA) is 72.1 Å². The van der Waals surface area contributed by atoms with E-state index in [9.17, 15) is 4.79 Å². The summed E-state index contributed by atoms with van der Waals surface area (Å²) in [6, 6.07) is 7.25. The summed E-state index contributed by atoms with van der Waals surface area (Å²) in [4.78, 5) is 22.4. The van der Waals surface area contributed by atoms with E-state index in [0.29, 0.717) is 17.9 Å². The molecule has 0 unspecified atom stereocenters. The van der Waals surface area contributed by atoms with Crippen LogP contribution in [0.25, 0.3) is 0 Å². The third-order valence-electron chi connectivity index (χ3n) is 3.14. The first-order valence-corrected chi connectivity index (χ1v) is 7.01. The number of carbonyl (C=O) groups is 1. The van der Waals surface area contributed by atoms with E-state index in [2.05, 4.69) is 16.9 Å². The first-order valence-electron chi connectivity index (χ1n) is 7.01. The lowest BCUT2D eigenvalue weighted by atomic mass is 10.1. The molecule has 0 aliphatic heterocycles. The Labute approximate surface area is 124 Å². The van der Waals surface area contributed by atoms with Gasteiger partial charge in [0.15, 0.2) is 0 Å². The third kappa shape index (κ3) is 4.02. The first kappa shape index (κ1) is 15.0. The Morgan fingerprint density at radius 2 is 2.19 bits per heavy atom. The minimum Gasteiger partial charge on any atom is -0.384 e. The summed E-state index contributed by atoms with van der Waals surface area (Å²) in [6.45, 7) is 2.58. The van der Waals surface area contributed by atoms with Gasteiger partial charge in [-0.3, -0.25) is 9.78 Å². The minimum atomic E-state index is -0.0645. The van der Waals surface area contributed by atoms with Crippen molar-refractivity contribution in [2.45, 2.75) is 26.3 Å². The molecule has 1 amide bonds. The number of nitrogens with zero attached hydrogens (tertiary/aromatic N) is 3. The van der Waals surface area contributed by atoms with E-state index in [-0.39, 0.29) is 5.91 Å². The summed E-state index contributed by atoms with van der Waals surface area (Å²) in [7, 11) is 1.77. The standard InChI is InChI=1S/C16H20N4O/c1-3-5-14-8-13(9-15(17)19-14)16(21)20(2)11-12-6-4-7-18-10-12/h4,6-10H,3,5,11H2,1-2H3,(H2,17,19). The number of hydrogen-bond acceptors (Lipinski definition) is 4. The molecule has 0 aromatic carbocycles. The predicted molar refractivity (Wildman–Crippen MR) is 82.7 cm³/mol. The van der Waals surface area contributed by atoms with Crippen LogP contribution in [0.15, 0.2) is 36.7 Å². The quantitative estimate of drug-likeness (QED) is 0.914. The molecule has 2 aromatic rings. The molecule has 0 bridgehead atoms. The SMILES string of the molecule is CCCc1cc(C(=O)N(C)Cc2cccnc2)cc(N)n1. The number of pyridine rings is 2. The number of aryl methyl sites for hydroxylation is 1. The highest BCUT2D eigenvalue weighted by Gasteiger charge is 2.14. The highest BCUT2D eigenvalue weighted by molar-refractivity contribution is 5.94. The summed E-state index contributed by atoms with van der Waals surface area (Å²) < 4.78 is 0. The highest BCUT2D eigenvalue weighted by atomic mass is 16.2. The lowest BCUT2D eigenvalue weighted by Gasteiger charge is -2.17. The second-order valence-electron chi connectivity index (χ2n) is 5.04. The molecule has 21 heavy (non-hydrogen) atoms. The van der Waals surface area contributed by atoms with Gasteiger partial charge in [0, 0.05) is 37.2 Å². The average molecular weight is 284 g/mol. The van der Waals surface area contributed by atoms with Crippen LogP contribution in [0.4, 0.5) is 5.82 Å². The predicted octanol–water partition coefficient (Wildman–Crippen LogP) is 2.28. The average Bonchev–Trinajstić information content (AvgIpc) is 2.47. The number of carbonyl (C=O) groups excluding carboxylic acids is 1. The van der Waals surface area contributed by atoms with E-state index in [1.165, 1.54) is 0 Å². The molecule has 5 heteroatoms. The monoisotopic (exact) mass is 284 g/mol. The van der Waals surface area contributed by atoms with Crippen LogP contribution in [0.2, 0.25) is 0 Å². The van der Waals surface area contributed by atoms with Crippen LogP contribution in [0.3, 0.4) is 0 Å². The summed E-state index contributed by atoms with van der Waals surface area (Å²) in [5.74, 6) is 0.324. The summed E-state index contributed by atoms with van der Waals surface area (Å²) in [5, 5.41) is 0. The maximum Gasteiger partial charge on any atom is 0.254 e. The van der Waals surface area contributed by atoms with Crippen molar-refractivity contribution >= 4 is 11.7 Å². The van der Waals surface area contributed by atoms with E-state index in [1.54, 1.807) is 30.4 Å². The van der Waals surface area contributed by atoms with E-state index in [0.717, 1.165) is 24.1 Å². The fraction of sp³-hybridized carbons (Fsp3) is 0.312. The van der Waals surface area contributed by atoms with Crippen LogP contribution in [-0.2, 0) is 13.0 Å².